The van der Waals surface area contributed by atoms with Gasteiger partial charge < -0.3 is 19.3 Å². The topological polar surface area (TPSA) is 69.3 Å². The maximum absolute atomic E-state index is 14.6. The van der Waals surface area contributed by atoms with Gasteiger partial charge in [-0.05, 0) is 94.4 Å². The van der Waals surface area contributed by atoms with E-state index in [1.165, 1.54) is 0 Å². The highest BCUT2D eigenvalue weighted by atomic mass is 19.4. The molecule has 0 aromatic carbocycles. The maximum Gasteiger partial charge on any atom is 0.392 e. The van der Waals surface area contributed by atoms with E-state index in [0.717, 1.165) is 84.3 Å². The predicted molar refractivity (Wildman–Crippen MR) is 155 cm³/mol. The van der Waals surface area contributed by atoms with Crippen LogP contribution >= 0.6 is 0 Å². The predicted octanol–water partition coefficient (Wildman–Crippen LogP) is 3.69. The number of hydrogen-bond acceptors (Lipinski definition) is 7. The van der Waals surface area contributed by atoms with E-state index in [2.05, 4.69) is 27.7 Å². The molecule has 8 nitrogen and oxygen atoms in total. The van der Waals surface area contributed by atoms with E-state index in [1.54, 1.807) is 7.11 Å². The smallest absolute Gasteiger partial charge is 0.381 e. The van der Waals surface area contributed by atoms with E-state index in [0.29, 0.717) is 36.8 Å². The van der Waals surface area contributed by atoms with Crippen LogP contribution in [0.1, 0.15) is 64.2 Å². The van der Waals surface area contributed by atoms with Crippen LogP contribution in [0.4, 0.5) is 13.2 Å². The van der Waals surface area contributed by atoms with Crippen molar-refractivity contribution in [1.29, 1.82) is 0 Å². The Bertz CT molecular complexity index is 1010. The van der Waals surface area contributed by atoms with Gasteiger partial charge in [0.25, 0.3) is 0 Å². The van der Waals surface area contributed by atoms with Crippen molar-refractivity contribution in [2.45, 2.75) is 88.7 Å². The van der Waals surface area contributed by atoms with E-state index in [9.17, 15) is 18.0 Å². The number of carbonyl (C=O) groups is 1. The van der Waals surface area contributed by atoms with Gasteiger partial charge >= 0.3 is 6.18 Å². The monoisotopic (exact) mass is 611 g/mol. The molecular weight excluding hydrogens is 559 g/mol. The van der Waals surface area contributed by atoms with Gasteiger partial charge in [0.1, 0.15) is 0 Å². The Morgan fingerprint density at radius 2 is 1.84 bits per heavy atom. The Morgan fingerprint density at radius 3 is 2.53 bits per heavy atom. The van der Waals surface area contributed by atoms with Crippen LogP contribution in [0.2, 0.25) is 0 Å². The lowest BCUT2D eigenvalue weighted by Crippen LogP contribution is -2.56. The van der Waals surface area contributed by atoms with Crippen LogP contribution in [0.5, 0.6) is 0 Å². The molecule has 0 aromatic rings. The molecule has 1 amide bonds. The van der Waals surface area contributed by atoms with Crippen LogP contribution in [0.15, 0.2) is 0 Å². The fourth-order valence-corrected chi connectivity index (χ4v) is 10.6. The van der Waals surface area contributed by atoms with Crippen LogP contribution in [-0.2, 0) is 14.3 Å². The number of halogens is 3. The number of likely N-dealkylation sites (tertiary alicyclic amines) is 2. The van der Waals surface area contributed by atoms with Crippen LogP contribution in [0.3, 0.4) is 0 Å². The summed E-state index contributed by atoms with van der Waals surface area (Å²) in [5.41, 5.74) is 6.68. The van der Waals surface area contributed by atoms with Crippen LogP contribution in [0.25, 0.3) is 0 Å². The minimum absolute atomic E-state index is 0.00734. The van der Waals surface area contributed by atoms with Gasteiger partial charge in [-0.2, -0.15) is 13.2 Å². The molecule has 0 bridgehead atoms. The minimum atomic E-state index is -4.26. The molecule has 244 valence electrons. The second kappa shape index (κ2) is 12.0. The third-order valence-electron chi connectivity index (χ3n) is 13.0. The molecule has 10 atom stereocenters. The van der Waals surface area contributed by atoms with Gasteiger partial charge in [0, 0.05) is 50.7 Å². The van der Waals surface area contributed by atoms with Gasteiger partial charge in [-0.25, -0.2) is 10.9 Å². The van der Waals surface area contributed by atoms with Gasteiger partial charge in [0.05, 0.1) is 38.1 Å². The Kier molecular flexibility index (Phi) is 8.55. The van der Waals surface area contributed by atoms with Gasteiger partial charge in [0.15, 0.2) is 0 Å². The van der Waals surface area contributed by atoms with Gasteiger partial charge in [0.2, 0.25) is 5.91 Å². The first-order chi connectivity index (χ1) is 20.6. The summed E-state index contributed by atoms with van der Waals surface area (Å²) in [6.07, 6.45) is 5.27. The summed E-state index contributed by atoms with van der Waals surface area (Å²) in [7, 11) is 3.89. The van der Waals surface area contributed by atoms with E-state index in [4.69, 9.17) is 9.47 Å². The highest BCUT2D eigenvalue weighted by Gasteiger charge is 2.58. The molecule has 3 saturated carbocycles. The summed E-state index contributed by atoms with van der Waals surface area (Å²) in [5.74, 6) is -0.893. The standard InChI is InChI=1S/C32H52F3N5O3/c1-38-19-36-37-29(38)12-31(17-43-18-31)23-4-3-5-24(11-23)40-16-27-26(30(40)41)8-20(9-28(27)32(33,34)35)13-39-14-21-6-7-25(42-2)10-22(21)15-39/h20-29,36-37H,3-19H2,1-2H3. The van der Waals surface area contributed by atoms with Crippen LogP contribution < -0.4 is 10.9 Å². The van der Waals surface area contributed by atoms with Gasteiger partial charge in [-0.15, -0.1) is 0 Å². The number of carbonyl (C=O) groups excluding carboxylic acids is 1. The second-order valence-electron chi connectivity index (χ2n) is 15.5. The molecule has 0 spiro atoms. The van der Waals surface area contributed by atoms with E-state index >= 15 is 0 Å². The zero-order valence-corrected chi connectivity index (χ0v) is 26.0. The third kappa shape index (κ3) is 5.88. The summed E-state index contributed by atoms with van der Waals surface area (Å²) < 4.78 is 55.2. The van der Waals surface area contributed by atoms with Crippen molar-refractivity contribution in [3.8, 4) is 0 Å². The number of rotatable bonds is 7. The van der Waals surface area contributed by atoms with E-state index in [1.807, 2.05) is 4.90 Å². The Morgan fingerprint density at radius 1 is 1.02 bits per heavy atom. The van der Waals surface area contributed by atoms with Crippen LogP contribution in [-0.4, -0.2) is 105 Å². The normalized spacial score (nSPS) is 43.9. The number of hydrazine groups is 1. The molecule has 4 aliphatic heterocycles. The number of amides is 1. The minimum Gasteiger partial charge on any atom is -0.381 e. The molecule has 43 heavy (non-hydrogen) atoms. The van der Waals surface area contributed by atoms with Gasteiger partial charge in [-0.3, -0.25) is 9.69 Å². The number of fused-ring (bicyclic) bond motifs is 2. The molecule has 4 saturated heterocycles. The first kappa shape index (κ1) is 30.7. The lowest BCUT2D eigenvalue weighted by atomic mass is 9.64. The molecule has 7 rings (SSSR count). The second-order valence-corrected chi connectivity index (χ2v) is 15.5. The first-order valence-electron chi connectivity index (χ1n) is 17.0. The van der Waals surface area contributed by atoms with E-state index in [-0.39, 0.29) is 42.4 Å². The maximum atomic E-state index is 14.6. The molecule has 0 radical (unpaired) electrons. The lowest BCUT2D eigenvalue weighted by Gasteiger charge is -2.52. The summed E-state index contributed by atoms with van der Waals surface area (Å²) in [6, 6.07) is 0.0458. The quantitative estimate of drug-likeness (QED) is 0.455. The van der Waals surface area contributed by atoms with E-state index < -0.39 is 23.9 Å². The van der Waals surface area contributed by atoms with Crippen LogP contribution in [0, 0.1) is 46.8 Å². The molecule has 11 heteroatoms. The van der Waals surface area contributed by atoms with Crippen molar-refractivity contribution >= 4 is 5.91 Å². The summed E-state index contributed by atoms with van der Waals surface area (Å²) in [6.45, 7) is 5.19. The number of nitrogens with one attached hydrogen (secondary N) is 2. The molecule has 4 heterocycles. The number of alkyl halides is 3. The molecule has 7 fully saturated rings. The molecule has 2 N–H and O–H groups in total. The van der Waals surface area contributed by atoms with Crippen molar-refractivity contribution in [2.75, 3.05) is 60.2 Å². The number of hydrogen-bond donors (Lipinski definition) is 2. The largest absolute Gasteiger partial charge is 0.392 e. The molecular formula is C32H52F3N5O3. The molecule has 7 aliphatic rings. The average Bonchev–Trinajstić information content (AvgIpc) is 3.65. The lowest BCUT2D eigenvalue weighted by molar-refractivity contribution is -0.204. The first-order valence-corrected chi connectivity index (χ1v) is 17.0. The molecule has 0 aromatic heterocycles. The summed E-state index contributed by atoms with van der Waals surface area (Å²) >= 11 is 0. The van der Waals surface area contributed by atoms with Crippen molar-refractivity contribution in [3.63, 3.8) is 0 Å². The SMILES string of the molecule is COC1CCC2CN(CC3CC4C(=O)N(C5CCCC(C6(CC7NNCN7C)COC6)C5)CC4C(C(F)(F)F)C3)CC2C1. The molecule has 3 aliphatic carbocycles. The zero-order valence-electron chi connectivity index (χ0n) is 26.0. The summed E-state index contributed by atoms with van der Waals surface area (Å²) in [5, 5.41) is 0. The van der Waals surface area contributed by atoms with Crippen molar-refractivity contribution in [2.24, 2.45) is 46.8 Å². The number of nitrogens with zero attached hydrogens (tertiary/aromatic N) is 3. The van der Waals surface area contributed by atoms with Gasteiger partial charge in [-0.1, -0.05) is 6.42 Å². The number of methoxy groups -OCH3 is 1. The Labute approximate surface area is 254 Å². The van der Waals surface area contributed by atoms with Crippen molar-refractivity contribution in [3.05, 3.63) is 0 Å². The Hall–Kier alpha value is -0.980. The highest BCUT2D eigenvalue weighted by molar-refractivity contribution is 5.82. The highest BCUT2D eigenvalue weighted by Crippen LogP contribution is 2.53. The zero-order chi connectivity index (χ0) is 29.9. The number of ether oxygens (including phenoxy) is 2. The summed E-state index contributed by atoms with van der Waals surface area (Å²) in [4.78, 5) is 20.6. The fraction of sp³-hybridized carbons (Fsp3) is 0.969. The fourth-order valence-electron chi connectivity index (χ4n) is 10.6. The van der Waals surface area contributed by atoms with Crippen molar-refractivity contribution < 1.29 is 27.4 Å². The Balaban J connectivity index is 1.02. The van der Waals surface area contributed by atoms with Crippen molar-refractivity contribution in [1.82, 2.24) is 25.6 Å². The third-order valence-corrected chi connectivity index (χ3v) is 13.0. The average molecular weight is 612 g/mol. The molecule has 10 unspecified atom stereocenters.